The Bertz CT molecular complexity index is 750. The Morgan fingerprint density at radius 3 is 2.55 bits per heavy atom. The van der Waals surface area contributed by atoms with Gasteiger partial charge in [0.2, 0.25) is 0 Å². The molecule has 0 aromatic heterocycles. The molecule has 2 aromatic carbocycles. The number of carbonyl (C=O) groups is 1. The van der Waals surface area contributed by atoms with Crippen LogP contribution < -0.4 is 10.1 Å². The van der Waals surface area contributed by atoms with Crippen molar-refractivity contribution in [1.82, 2.24) is 0 Å². The molecule has 0 aliphatic carbocycles. The summed E-state index contributed by atoms with van der Waals surface area (Å²) in [5, 5.41) is 14.1. The molecule has 6 nitrogen and oxygen atoms in total. The number of halogens is 2. The van der Waals surface area contributed by atoms with Gasteiger partial charge in [-0.05, 0) is 30.3 Å². The summed E-state index contributed by atoms with van der Waals surface area (Å²) in [4.78, 5) is 22.6. The first-order valence-corrected chi connectivity index (χ1v) is 6.77. The zero-order valence-corrected chi connectivity index (χ0v) is 12.8. The number of nitro benzene ring substituents is 1. The predicted molar refractivity (Wildman–Crippen MR) is 84.1 cm³/mol. The first-order chi connectivity index (χ1) is 10.4. The van der Waals surface area contributed by atoms with Crippen LogP contribution in [0.3, 0.4) is 0 Å². The van der Waals surface area contributed by atoms with Gasteiger partial charge in [-0.25, -0.2) is 0 Å². The number of nitrogens with zero attached hydrogens (tertiary/aromatic N) is 1. The van der Waals surface area contributed by atoms with Gasteiger partial charge in [-0.1, -0.05) is 23.2 Å². The van der Waals surface area contributed by atoms with E-state index in [0.29, 0.717) is 10.8 Å². The second kappa shape index (κ2) is 6.64. The van der Waals surface area contributed by atoms with Gasteiger partial charge >= 0.3 is 0 Å². The summed E-state index contributed by atoms with van der Waals surface area (Å²) in [6.07, 6.45) is 0. The van der Waals surface area contributed by atoms with Crippen LogP contribution in [0.25, 0.3) is 0 Å². The molecule has 2 aromatic rings. The van der Waals surface area contributed by atoms with Gasteiger partial charge in [0, 0.05) is 5.02 Å². The Labute approximate surface area is 135 Å². The third-order valence-electron chi connectivity index (χ3n) is 2.83. The van der Waals surface area contributed by atoms with Gasteiger partial charge in [-0.2, -0.15) is 0 Å². The number of amides is 1. The van der Waals surface area contributed by atoms with Crippen molar-refractivity contribution in [2.24, 2.45) is 0 Å². The number of rotatable bonds is 4. The summed E-state index contributed by atoms with van der Waals surface area (Å²) in [5.41, 5.74) is -0.0733. The van der Waals surface area contributed by atoms with E-state index < -0.39 is 10.8 Å². The number of hydrogen-bond donors (Lipinski definition) is 1. The Hall–Kier alpha value is -2.31. The van der Waals surface area contributed by atoms with Crippen LogP contribution in [0.2, 0.25) is 10.0 Å². The van der Waals surface area contributed by atoms with Crippen LogP contribution in [0.5, 0.6) is 5.75 Å². The van der Waals surface area contributed by atoms with Crippen molar-refractivity contribution in [3.8, 4) is 5.75 Å². The van der Waals surface area contributed by atoms with Crippen LogP contribution in [0.4, 0.5) is 11.4 Å². The van der Waals surface area contributed by atoms with Crippen LogP contribution in [0.1, 0.15) is 10.4 Å². The van der Waals surface area contributed by atoms with E-state index in [1.165, 1.54) is 43.5 Å². The van der Waals surface area contributed by atoms with E-state index in [-0.39, 0.29) is 22.0 Å². The van der Waals surface area contributed by atoms with E-state index in [9.17, 15) is 14.9 Å². The topological polar surface area (TPSA) is 81.5 Å². The molecular weight excluding hydrogens is 331 g/mol. The van der Waals surface area contributed by atoms with Crippen molar-refractivity contribution in [3.05, 3.63) is 62.1 Å². The zero-order valence-electron chi connectivity index (χ0n) is 11.3. The Morgan fingerprint density at radius 2 is 1.95 bits per heavy atom. The second-order valence-corrected chi connectivity index (χ2v) is 5.06. The first-order valence-electron chi connectivity index (χ1n) is 6.01. The highest BCUT2D eigenvalue weighted by atomic mass is 35.5. The third kappa shape index (κ3) is 3.47. The number of methoxy groups -OCH3 is 1. The standard InChI is InChI=1S/C14H10Cl2N2O4/c1-22-9-3-5-12(13(7-9)18(20)21)17-14(19)10-4-2-8(15)6-11(10)16/h2-7H,1H3,(H,17,19). The second-order valence-electron chi connectivity index (χ2n) is 4.22. The van der Waals surface area contributed by atoms with Crippen LogP contribution in [0.15, 0.2) is 36.4 Å². The minimum atomic E-state index is -0.610. The molecule has 2 rings (SSSR count). The van der Waals surface area contributed by atoms with Gasteiger partial charge in [-0.3, -0.25) is 14.9 Å². The largest absolute Gasteiger partial charge is 0.496 e. The monoisotopic (exact) mass is 340 g/mol. The molecule has 0 fully saturated rings. The molecule has 114 valence electrons. The first kappa shape index (κ1) is 16.1. The Morgan fingerprint density at radius 1 is 1.23 bits per heavy atom. The summed E-state index contributed by atoms with van der Waals surface area (Å²) in [5.74, 6) is -0.260. The highest BCUT2D eigenvalue weighted by molar-refractivity contribution is 6.37. The highest BCUT2D eigenvalue weighted by Crippen LogP contribution is 2.30. The van der Waals surface area contributed by atoms with E-state index in [1.807, 2.05) is 0 Å². The summed E-state index contributed by atoms with van der Waals surface area (Å²) < 4.78 is 4.93. The van der Waals surface area contributed by atoms with Crippen molar-refractivity contribution in [3.63, 3.8) is 0 Å². The van der Waals surface area contributed by atoms with Crippen molar-refractivity contribution in [2.45, 2.75) is 0 Å². The highest BCUT2D eigenvalue weighted by Gasteiger charge is 2.19. The smallest absolute Gasteiger partial charge is 0.296 e. The van der Waals surface area contributed by atoms with Gasteiger partial charge in [0.15, 0.2) is 0 Å². The molecule has 0 radical (unpaired) electrons. The summed E-state index contributed by atoms with van der Waals surface area (Å²) >= 11 is 11.7. The fraction of sp³-hybridized carbons (Fsp3) is 0.0714. The Balaban J connectivity index is 2.34. The van der Waals surface area contributed by atoms with Gasteiger partial charge in [0.05, 0.1) is 28.7 Å². The molecule has 0 spiro atoms. The number of benzene rings is 2. The fourth-order valence-electron chi connectivity index (χ4n) is 1.76. The SMILES string of the molecule is COc1ccc(NC(=O)c2ccc(Cl)cc2Cl)c([N+](=O)[O-])c1. The molecule has 1 N–H and O–H groups in total. The van der Waals surface area contributed by atoms with Crippen LogP contribution in [-0.2, 0) is 0 Å². The van der Waals surface area contributed by atoms with E-state index in [4.69, 9.17) is 27.9 Å². The molecule has 0 bridgehead atoms. The van der Waals surface area contributed by atoms with Crippen LogP contribution in [-0.4, -0.2) is 17.9 Å². The molecule has 1 amide bonds. The molecule has 0 aliphatic rings. The van der Waals surface area contributed by atoms with Crippen molar-refractivity contribution in [2.75, 3.05) is 12.4 Å². The lowest BCUT2D eigenvalue weighted by Crippen LogP contribution is -2.13. The van der Waals surface area contributed by atoms with Gasteiger partial charge in [0.25, 0.3) is 11.6 Å². The number of ether oxygens (including phenoxy) is 1. The van der Waals surface area contributed by atoms with Crippen molar-refractivity contribution >= 4 is 40.5 Å². The molecule has 0 unspecified atom stereocenters. The lowest BCUT2D eigenvalue weighted by Gasteiger charge is -2.08. The summed E-state index contributed by atoms with van der Waals surface area (Å²) in [6.45, 7) is 0. The van der Waals surface area contributed by atoms with Gasteiger partial charge < -0.3 is 10.1 Å². The summed E-state index contributed by atoms with van der Waals surface area (Å²) in [6, 6.07) is 8.48. The fourth-order valence-corrected chi connectivity index (χ4v) is 2.25. The average molecular weight is 341 g/mol. The molecule has 0 atom stereocenters. The lowest BCUT2D eigenvalue weighted by molar-refractivity contribution is -0.384. The van der Waals surface area contributed by atoms with Crippen molar-refractivity contribution in [1.29, 1.82) is 0 Å². The lowest BCUT2D eigenvalue weighted by atomic mass is 10.2. The maximum absolute atomic E-state index is 12.2. The van der Waals surface area contributed by atoms with E-state index >= 15 is 0 Å². The molecule has 22 heavy (non-hydrogen) atoms. The van der Waals surface area contributed by atoms with E-state index in [1.54, 1.807) is 0 Å². The number of anilines is 1. The normalized spacial score (nSPS) is 10.1. The van der Waals surface area contributed by atoms with E-state index in [2.05, 4.69) is 5.32 Å². The minimum Gasteiger partial charge on any atom is -0.496 e. The predicted octanol–water partition coefficient (Wildman–Crippen LogP) is 4.16. The Kier molecular flexibility index (Phi) is 4.85. The third-order valence-corrected chi connectivity index (χ3v) is 3.37. The molecular formula is C14H10Cl2N2O4. The number of hydrogen-bond acceptors (Lipinski definition) is 4. The van der Waals surface area contributed by atoms with Crippen LogP contribution in [0, 0.1) is 10.1 Å². The van der Waals surface area contributed by atoms with Crippen molar-refractivity contribution < 1.29 is 14.5 Å². The summed E-state index contributed by atoms with van der Waals surface area (Å²) in [7, 11) is 1.39. The zero-order chi connectivity index (χ0) is 16.3. The van der Waals surface area contributed by atoms with Gasteiger partial charge in [0.1, 0.15) is 11.4 Å². The average Bonchev–Trinajstić information content (AvgIpc) is 2.47. The van der Waals surface area contributed by atoms with Crippen LogP contribution >= 0.6 is 23.2 Å². The molecule has 0 saturated carbocycles. The molecule has 0 heterocycles. The number of nitrogens with one attached hydrogen (secondary N) is 1. The maximum Gasteiger partial charge on any atom is 0.296 e. The number of nitro groups is 1. The number of carbonyl (C=O) groups excluding carboxylic acids is 1. The quantitative estimate of drug-likeness (QED) is 0.669. The minimum absolute atomic E-state index is 0.0433. The molecule has 8 heteroatoms. The van der Waals surface area contributed by atoms with Gasteiger partial charge in [-0.15, -0.1) is 0 Å². The molecule has 0 aliphatic heterocycles. The maximum atomic E-state index is 12.2. The molecule has 0 saturated heterocycles. The van der Waals surface area contributed by atoms with E-state index in [0.717, 1.165) is 0 Å².